The number of terminal acetylenes is 1. The van der Waals surface area contributed by atoms with E-state index in [-0.39, 0.29) is 12.6 Å². The minimum atomic E-state index is -0.858. The molecule has 0 spiro atoms. The molecule has 3 nitrogen and oxygen atoms in total. The Labute approximate surface area is 60.4 Å². The van der Waals surface area contributed by atoms with Crippen molar-refractivity contribution in [2.45, 2.75) is 19.4 Å². The van der Waals surface area contributed by atoms with E-state index in [0.29, 0.717) is 6.42 Å². The number of aliphatic carboxylic acids is 1. The lowest BCUT2D eigenvalue weighted by Crippen LogP contribution is -2.30. The molecule has 0 fully saturated rings. The summed E-state index contributed by atoms with van der Waals surface area (Å²) in [7, 11) is 0. The van der Waals surface area contributed by atoms with Gasteiger partial charge in [-0.3, -0.25) is 4.79 Å². The average molecular weight is 141 g/mol. The molecule has 0 saturated heterocycles. The first-order chi connectivity index (χ1) is 4.66. The van der Waals surface area contributed by atoms with Crippen LogP contribution in [0.15, 0.2) is 0 Å². The maximum Gasteiger partial charge on any atom is 0.317 e. The van der Waals surface area contributed by atoms with E-state index in [1.54, 1.807) is 0 Å². The zero-order valence-electron chi connectivity index (χ0n) is 5.92. The largest absolute Gasteiger partial charge is 0.480 e. The van der Waals surface area contributed by atoms with Crippen LogP contribution in [0, 0.1) is 12.3 Å². The summed E-state index contributed by atoms with van der Waals surface area (Å²) in [6.07, 6.45) is 5.56. The van der Waals surface area contributed by atoms with Gasteiger partial charge in [-0.2, -0.15) is 0 Å². The van der Waals surface area contributed by atoms with Crippen LogP contribution in [0.5, 0.6) is 0 Å². The first kappa shape index (κ1) is 8.99. The van der Waals surface area contributed by atoms with Crippen molar-refractivity contribution in [2.75, 3.05) is 6.54 Å². The molecule has 0 aliphatic carbocycles. The molecular weight excluding hydrogens is 130 g/mol. The van der Waals surface area contributed by atoms with E-state index in [4.69, 9.17) is 11.5 Å². The van der Waals surface area contributed by atoms with Crippen molar-refractivity contribution >= 4 is 5.97 Å². The highest BCUT2D eigenvalue weighted by Crippen LogP contribution is 1.85. The van der Waals surface area contributed by atoms with Gasteiger partial charge in [0.2, 0.25) is 0 Å². The number of carboxylic acid groups (broad SMARTS) is 1. The number of carbonyl (C=O) groups is 1. The van der Waals surface area contributed by atoms with Gasteiger partial charge in [0.1, 0.15) is 0 Å². The average Bonchev–Trinajstić information content (AvgIpc) is 1.85. The Morgan fingerprint density at radius 1 is 1.90 bits per heavy atom. The van der Waals surface area contributed by atoms with E-state index in [9.17, 15) is 4.79 Å². The van der Waals surface area contributed by atoms with Gasteiger partial charge in [-0.15, -0.1) is 12.3 Å². The zero-order valence-corrected chi connectivity index (χ0v) is 5.92. The summed E-state index contributed by atoms with van der Waals surface area (Å²) in [6.45, 7) is 1.83. The standard InChI is InChI=1S/C7H11NO2/c1-3-4-6(2)8-5-7(9)10/h1,6,8H,4-5H2,2H3,(H,9,10). The van der Waals surface area contributed by atoms with Gasteiger partial charge in [-0.05, 0) is 6.92 Å². The molecule has 0 aromatic rings. The molecule has 2 N–H and O–H groups in total. The van der Waals surface area contributed by atoms with Gasteiger partial charge in [0.15, 0.2) is 0 Å². The fourth-order valence-electron chi connectivity index (χ4n) is 0.510. The lowest BCUT2D eigenvalue weighted by molar-refractivity contribution is -0.136. The molecule has 1 unspecified atom stereocenters. The second kappa shape index (κ2) is 4.83. The van der Waals surface area contributed by atoms with E-state index >= 15 is 0 Å². The molecule has 0 aromatic carbocycles. The highest BCUT2D eigenvalue weighted by Gasteiger charge is 2.00. The third-order valence-corrected chi connectivity index (χ3v) is 1.03. The van der Waals surface area contributed by atoms with Gasteiger partial charge in [-0.1, -0.05) is 0 Å². The molecule has 0 bridgehead atoms. The Bertz CT molecular complexity index is 148. The quantitative estimate of drug-likeness (QED) is 0.545. The van der Waals surface area contributed by atoms with Crippen molar-refractivity contribution in [2.24, 2.45) is 0 Å². The van der Waals surface area contributed by atoms with Crippen LogP contribution >= 0.6 is 0 Å². The number of nitrogens with one attached hydrogen (secondary N) is 1. The number of carboxylic acids is 1. The van der Waals surface area contributed by atoms with Crippen LogP contribution < -0.4 is 5.32 Å². The molecule has 3 heteroatoms. The molecule has 0 rings (SSSR count). The number of rotatable bonds is 4. The van der Waals surface area contributed by atoms with Crippen LogP contribution in [0.1, 0.15) is 13.3 Å². The van der Waals surface area contributed by atoms with Crippen molar-refractivity contribution in [1.82, 2.24) is 5.32 Å². The predicted molar refractivity (Wildman–Crippen MR) is 38.6 cm³/mol. The molecule has 0 amide bonds. The van der Waals surface area contributed by atoms with Gasteiger partial charge < -0.3 is 10.4 Å². The Balaban J connectivity index is 3.32. The molecule has 56 valence electrons. The maximum absolute atomic E-state index is 9.99. The second-order valence-electron chi connectivity index (χ2n) is 2.08. The highest BCUT2D eigenvalue weighted by molar-refractivity contribution is 5.69. The first-order valence-electron chi connectivity index (χ1n) is 3.05. The van der Waals surface area contributed by atoms with Crippen LogP contribution in [0.3, 0.4) is 0 Å². The van der Waals surface area contributed by atoms with Gasteiger partial charge in [-0.25, -0.2) is 0 Å². The molecule has 0 aliphatic rings. The highest BCUT2D eigenvalue weighted by atomic mass is 16.4. The minimum absolute atomic E-state index is 0.0250. The molecular formula is C7H11NO2. The number of hydrogen-bond donors (Lipinski definition) is 2. The van der Waals surface area contributed by atoms with E-state index in [2.05, 4.69) is 11.2 Å². The Morgan fingerprint density at radius 2 is 2.50 bits per heavy atom. The van der Waals surface area contributed by atoms with Crippen molar-refractivity contribution < 1.29 is 9.90 Å². The first-order valence-corrected chi connectivity index (χ1v) is 3.05. The Morgan fingerprint density at radius 3 is 2.90 bits per heavy atom. The normalized spacial score (nSPS) is 12.0. The smallest absolute Gasteiger partial charge is 0.317 e. The van der Waals surface area contributed by atoms with Crippen LogP contribution in [0.25, 0.3) is 0 Å². The number of hydrogen-bond acceptors (Lipinski definition) is 2. The lowest BCUT2D eigenvalue weighted by Gasteiger charge is -2.06. The lowest BCUT2D eigenvalue weighted by atomic mass is 10.2. The molecule has 0 aromatic heterocycles. The summed E-state index contributed by atoms with van der Waals surface area (Å²) in [4.78, 5) is 9.99. The summed E-state index contributed by atoms with van der Waals surface area (Å²) in [5, 5.41) is 11.0. The van der Waals surface area contributed by atoms with Crippen LogP contribution in [-0.4, -0.2) is 23.7 Å². The molecule has 0 aliphatic heterocycles. The van der Waals surface area contributed by atoms with Crippen molar-refractivity contribution in [3.05, 3.63) is 0 Å². The van der Waals surface area contributed by atoms with Gasteiger partial charge in [0.25, 0.3) is 0 Å². The summed E-state index contributed by atoms with van der Waals surface area (Å²) in [5.41, 5.74) is 0. The van der Waals surface area contributed by atoms with Crippen molar-refractivity contribution in [3.63, 3.8) is 0 Å². The van der Waals surface area contributed by atoms with Crippen LogP contribution in [0.2, 0.25) is 0 Å². The maximum atomic E-state index is 9.99. The molecule has 0 saturated carbocycles. The van der Waals surface area contributed by atoms with Crippen LogP contribution in [-0.2, 0) is 4.79 Å². The summed E-state index contributed by atoms with van der Waals surface area (Å²) in [5.74, 6) is 1.58. The Hall–Kier alpha value is -1.01. The molecule has 10 heavy (non-hydrogen) atoms. The third-order valence-electron chi connectivity index (χ3n) is 1.03. The zero-order chi connectivity index (χ0) is 7.98. The second-order valence-corrected chi connectivity index (χ2v) is 2.08. The van der Waals surface area contributed by atoms with Gasteiger partial charge in [0, 0.05) is 12.5 Å². The van der Waals surface area contributed by atoms with E-state index < -0.39 is 5.97 Å². The molecule has 0 radical (unpaired) electrons. The SMILES string of the molecule is C#CCC(C)NCC(=O)O. The van der Waals surface area contributed by atoms with Crippen LogP contribution in [0.4, 0.5) is 0 Å². The van der Waals surface area contributed by atoms with E-state index in [1.807, 2.05) is 6.92 Å². The third kappa shape index (κ3) is 5.13. The fourth-order valence-corrected chi connectivity index (χ4v) is 0.510. The topological polar surface area (TPSA) is 49.3 Å². The van der Waals surface area contributed by atoms with Gasteiger partial charge in [0.05, 0.1) is 6.54 Å². The Kier molecular flexibility index (Phi) is 4.34. The molecule has 1 atom stereocenters. The monoisotopic (exact) mass is 141 g/mol. The van der Waals surface area contributed by atoms with E-state index in [1.165, 1.54) is 0 Å². The molecule has 0 heterocycles. The summed E-state index contributed by atoms with van der Waals surface area (Å²) >= 11 is 0. The summed E-state index contributed by atoms with van der Waals surface area (Å²) in [6, 6.07) is 0.0844. The van der Waals surface area contributed by atoms with E-state index in [0.717, 1.165) is 0 Å². The predicted octanol–water partition coefficient (Wildman–Crippen LogP) is 0.0724. The minimum Gasteiger partial charge on any atom is -0.480 e. The fraction of sp³-hybridized carbons (Fsp3) is 0.571. The van der Waals surface area contributed by atoms with Crippen molar-refractivity contribution in [1.29, 1.82) is 0 Å². The van der Waals surface area contributed by atoms with Gasteiger partial charge >= 0.3 is 5.97 Å². The van der Waals surface area contributed by atoms with Crippen molar-refractivity contribution in [3.8, 4) is 12.3 Å². The summed E-state index contributed by atoms with van der Waals surface area (Å²) < 4.78 is 0.